The zero-order valence-electron chi connectivity index (χ0n) is 8.45. The van der Waals surface area contributed by atoms with Crippen molar-refractivity contribution in [3.63, 3.8) is 0 Å². The second-order valence-electron chi connectivity index (χ2n) is 3.40. The van der Waals surface area contributed by atoms with Gasteiger partial charge in [-0.05, 0) is 24.3 Å². The molecule has 0 unspecified atom stereocenters. The van der Waals surface area contributed by atoms with Gasteiger partial charge >= 0.3 is 0 Å². The molecule has 0 fully saturated rings. The molecule has 0 saturated carbocycles. The van der Waals surface area contributed by atoms with Gasteiger partial charge < -0.3 is 4.42 Å². The van der Waals surface area contributed by atoms with E-state index in [2.05, 4.69) is 10.2 Å². The highest BCUT2D eigenvalue weighted by Gasteiger charge is 2.02. The minimum Gasteiger partial charge on any atom is -0.464 e. The van der Waals surface area contributed by atoms with Crippen LogP contribution in [0.2, 0.25) is 0 Å². The smallest absolute Gasteiger partial charge is 0.133 e. The van der Waals surface area contributed by atoms with Gasteiger partial charge in [-0.3, -0.25) is 4.57 Å². The average Bonchev–Trinajstić information content (AvgIpc) is 3.03. The van der Waals surface area contributed by atoms with E-state index < -0.39 is 0 Å². The highest BCUT2D eigenvalue weighted by atomic mass is 16.3. The summed E-state index contributed by atoms with van der Waals surface area (Å²) in [5.41, 5.74) is 2.05. The van der Waals surface area contributed by atoms with Gasteiger partial charge in [-0.2, -0.15) is 0 Å². The fourth-order valence-electron chi connectivity index (χ4n) is 1.60. The second kappa shape index (κ2) is 3.66. The van der Waals surface area contributed by atoms with E-state index in [0.29, 0.717) is 0 Å². The summed E-state index contributed by atoms with van der Waals surface area (Å²) in [6.07, 6.45) is 5.00. The molecule has 0 aliphatic rings. The molecule has 0 aliphatic carbocycles. The Labute approximate surface area is 92.2 Å². The molecule has 1 aromatic carbocycles. The van der Waals surface area contributed by atoms with Crippen LogP contribution in [0.4, 0.5) is 0 Å². The van der Waals surface area contributed by atoms with Crippen LogP contribution >= 0.6 is 0 Å². The maximum atomic E-state index is 5.35. The lowest BCUT2D eigenvalue weighted by atomic mass is 10.1. The van der Waals surface area contributed by atoms with Crippen molar-refractivity contribution in [2.45, 2.75) is 0 Å². The molecule has 0 amide bonds. The summed E-state index contributed by atoms with van der Waals surface area (Å²) in [7, 11) is 0. The zero-order valence-corrected chi connectivity index (χ0v) is 8.45. The zero-order chi connectivity index (χ0) is 10.8. The Kier molecular flexibility index (Phi) is 2.04. The number of rotatable bonds is 2. The minimum atomic E-state index is 0.856. The highest BCUT2D eigenvalue weighted by molar-refractivity contribution is 5.60. The van der Waals surface area contributed by atoms with Crippen molar-refractivity contribution in [1.29, 1.82) is 0 Å². The molecular formula is C12H9N3O. The topological polar surface area (TPSA) is 43.9 Å². The lowest BCUT2D eigenvalue weighted by Gasteiger charge is -2.02. The summed E-state index contributed by atoms with van der Waals surface area (Å²) < 4.78 is 7.20. The standard InChI is InChI=1S/C12H9N3O/c1-3-10(12-5-2-6-16-12)7-11(4-1)15-8-13-14-9-15/h1-9H. The molecular weight excluding hydrogens is 202 g/mol. The van der Waals surface area contributed by atoms with Crippen LogP contribution in [0, 0.1) is 0 Å². The van der Waals surface area contributed by atoms with Gasteiger partial charge in [-0.25, -0.2) is 0 Å². The van der Waals surface area contributed by atoms with Crippen LogP contribution in [0.1, 0.15) is 0 Å². The Morgan fingerprint density at radius 2 is 1.88 bits per heavy atom. The monoisotopic (exact) mass is 211 g/mol. The maximum Gasteiger partial charge on any atom is 0.133 e. The van der Waals surface area contributed by atoms with Gasteiger partial charge in [0.05, 0.1) is 6.26 Å². The van der Waals surface area contributed by atoms with Crippen molar-refractivity contribution < 1.29 is 4.42 Å². The number of nitrogens with zero attached hydrogens (tertiary/aromatic N) is 3. The van der Waals surface area contributed by atoms with Gasteiger partial charge in [-0.15, -0.1) is 10.2 Å². The molecule has 2 heterocycles. The van der Waals surface area contributed by atoms with Crippen LogP contribution < -0.4 is 0 Å². The van der Waals surface area contributed by atoms with Gasteiger partial charge in [0.2, 0.25) is 0 Å². The number of aromatic nitrogens is 3. The predicted molar refractivity (Wildman–Crippen MR) is 59.1 cm³/mol. The second-order valence-corrected chi connectivity index (χ2v) is 3.40. The summed E-state index contributed by atoms with van der Waals surface area (Å²) in [6, 6.07) is 11.8. The molecule has 0 atom stereocenters. The number of benzene rings is 1. The van der Waals surface area contributed by atoms with Crippen molar-refractivity contribution in [2.24, 2.45) is 0 Å². The summed E-state index contributed by atoms with van der Waals surface area (Å²) >= 11 is 0. The van der Waals surface area contributed by atoms with E-state index in [-0.39, 0.29) is 0 Å². The van der Waals surface area contributed by atoms with Crippen LogP contribution in [0.5, 0.6) is 0 Å². The van der Waals surface area contributed by atoms with E-state index >= 15 is 0 Å². The van der Waals surface area contributed by atoms with E-state index in [1.165, 1.54) is 0 Å². The van der Waals surface area contributed by atoms with Crippen LogP contribution in [-0.2, 0) is 0 Å². The van der Waals surface area contributed by atoms with Crippen LogP contribution in [0.15, 0.2) is 59.7 Å². The Bertz CT molecular complexity index is 521. The van der Waals surface area contributed by atoms with E-state index in [9.17, 15) is 0 Å². The molecule has 4 heteroatoms. The average molecular weight is 211 g/mol. The van der Waals surface area contributed by atoms with Crippen molar-refractivity contribution in [2.75, 3.05) is 0 Å². The molecule has 78 valence electrons. The van der Waals surface area contributed by atoms with Gasteiger partial charge in [-0.1, -0.05) is 12.1 Å². The highest BCUT2D eigenvalue weighted by Crippen LogP contribution is 2.21. The first-order valence-corrected chi connectivity index (χ1v) is 4.92. The first-order chi connectivity index (χ1) is 7.93. The van der Waals surface area contributed by atoms with Crippen molar-refractivity contribution in [3.05, 3.63) is 55.3 Å². The molecule has 0 N–H and O–H groups in total. The molecule has 16 heavy (non-hydrogen) atoms. The summed E-state index contributed by atoms with van der Waals surface area (Å²) in [4.78, 5) is 0. The molecule has 2 aromatic heterocycles. The molecule has 3 rings (SSSR count). The maximum absolute atomic E-state index is 5.35. The fraction of sp³-hybridized carbons (Fsp3) is 0. The predicted octanol–water partition coefficient (Wildman–Crippen LogP) is 2.53. The third kappa shape index (κ3) is 1.50. The lowest BCUT2D eigenvalue weighted by molar-refractivity contribution is 0.582. The third-order valence-corrected chi connectivity index (χ3v) is 2.37. The van der Waals surface area contributed by atoms with E-state index in [1.807, 2.05) is 41.0 Å². The third-order valence-electron chi connectivity index (χ3n) is 2.37. The van der Waals surface area contributed by atoms with Crippen LogP contribution in [0.3, 0.4) is 0 Å². The first-order valence-electron chi connectivity index (χ1n) is 4.92. The minimum absolute atomic E-state index is 0.856. The van der Waals surface area contributed by atoms with E-state index in [1.54, 1.807) is 18.9 Å². The quantitative estimate of drug-likeness (QED) is 0.654. The molecule has 0 saturated heterocycles. The summed E-state index contributed by atoms with van der Waals surface area (Å²) in [6.45, 7) is 0. The molecule has 0 spiro atoms. The molecule has 0 aliphatic heterocycles. The Morgan fingerprint density at radius 1 is 1.00 bits per heavy atom. The van der Waals surface area contributed by atoms with Crippen LogP contribution in [-0.4, -0.2) is 14.8 Å². The molecule has 3 aromatic rings. The summed E-state index contributed by atoms with van der Waals surface area (Å²) in [5, 5.41) is 7.56. The van der Waals surface area contributed by atoms with Gasteiger partial charge in [0.1, 0.15) is 18.4 Å². The SMILES string of the molecule is c1cc(-c2ccco2)cc(-n2cnnc2)c1. The molecule has 0 bridgehead atoms. The number of hydrogen-bond donors (Lipinski definition) is 0. The lowest BCUT2D eigenvalue weighted by Crippen LogP contribution is -1.89. The van der Waals surface area contributed by atoms with E-state index in [4.69, 9.17) is 4.42 Å². The summed E-state index contributed by atoms with van der Waals surface area (Å²) in [5.74, 6) is 0.856. The van der Waals surface area contributed by atoms with Crippen molar-refractivity contribution in [1.82, 2.24) is 14.8 Å². The molecule has 4 nitrogen and oxygen atoms in total. The molecule has 0 radical (unpaired) electrons. The normalized spacial score (nSPS) is 10.5. The Balaban J connectivity index is 2.07. The fourth-order valence-corrected chi connectivity index (χ4v) is 1.60. The van der Waals surface area contributed by atoms with Crippen molar-refractivity contribution in [3.8, 4) is 17.0 Å². The van der Waals surface area contributed by atoms with Crippen LogP contribution in [0.25, 0.3) is 17.0 Å². The van der Waals surface area contributed by atoms with Crippen molar-refractivity contribution >= 4 is 0 Å². The van der Waals surface area contributed by atoms with Gasteiger partial charge in [0, 0.05) is 11.3 Å². The van der Waals surface area contributed by atoms with E-state index in [0.717, 1.165) is 17.0 Å². The number of hydrogen-bond acceptors (Lipinski definition) is 3. The van der Waals surface area contributed by atoms with Gasteiger partial charge in [0.25, 0.3) is 0 Å². The van der Waals surface area contributed by atoms with Gasteiger partial charge in [0.15, 0.2) is 0 Å². The largest absolute Gasteiger partial charge is 0.464 e. The first kappa shape index (κ1) is 8.91. The Hall–Kier alpha value is -2.36. The Morgan fingerprint density at radius 3 is 2.62 bits per heavy atom. The number of furan rings is 1.